The molecule has 106 valence electrons. The number of hydrogen-bond donors (Lipinski definition) is 2. The summed E-state index contributed by atoms with van der Waals surface area (Å²) >= 11 is 0. The van der Waals surface area contributed by atoms with E-state index < -0.39 is 5.60 Å². The van der Waals surface area contributed by atoms with Gasteiger partial charge in [0.15, 0.2) is 5.78 Å². The SMILES string of the molecule is CCC(=O)c1ccc(NCC(C)(O)CCOC)cc1. The fourth-order valence-electron chi connectivity index (χ4n) is 1.68. The normalized spacial score (nSPS) is 13.9. The Morgan fingerprint density at radius 3 is 2.53 bits per heavy atom. The summed E-state index contributed by atoms with van der Waals surface area (Å²) in [6.45, 7) is 4.59. The summed E-state index contributed by atoms with van der Waals surface area (Å²) in [5, 5.41) is 13.3. The van der Waals surface area contributed by atoms with E-state index >= 15 is 0 Å². The lowest BCUT2D eigenvalue weighted by Crippen LogP contribution is -2.34. The first-order valence-electron chi connectivity index (χ1n) is 6.57. The first-order valence-corrected chi connectivity index (χ1v) is 6.57. The highest BCUT2D eigenvalue weighted by atomic mass is 16.5. The van der Waals surface area contributed by atoms with Crippen LogP contribution in [0.1, 0.15) is 37.0 Å². The Morgan fingerprint density at radius 2 is 2.00 bits per heavy atom. The quantitative estimate of drug-likeness (QED) is 0.709. The molecule has 1 atom stereocenters. The third-order valence-electron chi connectivity index (χ3n) is 3.05. The highest BCUT2D eigenvalue weighted by molar-refractivity contribution is 5.96. The summed E-state index contributed by atoms with van der Waals surface area (Å²) in [6, 6.07) is 7.32. The average molecular weight is 265 g/mol. The molecule has 0 fully saturated rings. The average Bonchev–Trinajstić information content (AvgIpc) is 2.43. The van der Waals surface area contributed by atoms with E-state index in [0.29, 0.717) is 26.0 Å². The Labute approximate surface area is 114 Å². The summed E-state index contributed by atoms with van der Waals surface area (Å²) in [5.41, 5.74) is 0.804. The molecule has 0 saturated heterocycles. The molecular formula is C15H23NO3. The van der Waals surface area contributed by atoms with Gasteiger partial charge in [-0.1, -0.05) is 6.92 Å². The minimum absolute atomic E-state index is 0.138. The Kier molecular flexibility index (Phi) is 5.99. The first-order chi connectivity index (χ1) is 8.98. The van der Waals surface area contributed by atoms with E-state index in [0.717, 1.165) is 11.3 Å². The van der Waals surface area contributed by atoms with E-state index in [-0.39, 0.29) is 5.78 Å². The zero-order chi connectivity index (χ0) is 14.3. The van der Waals surface area contributed by atoms with Gasteiger partial charge in [0.25, 0.3) is 0 Å². The van der Waals surface area contributed by atoms with Crippen molar-refractivity contribution in [3.63, 3.8) is 0 Å². The van der Waals surface area contributed by atoms with Crippen LogP contribution in [0.4, 0.5) is 5.69 Å². The zero-order valence-electron chi connectivity index (χ0n) is 11.9. The Hall–Kier alpha value is -1.39. The van der Waals surface area contributed by atoms with Gasteiger partial charge in [-0.25, -0.2) is 0 Å². The fraction of sp³-hybridized carbons (Fsp3) is 0.533. The van der Waals surface area contributed by atoms with E-state index in [9.17, 15) is 9.90 Å². The van der Waals surface area contributed by atoms with Crippen molar-refractivity contribution < 1.29 is 14.6 Å². The Bertz CT molecular complexity index is 398. The lowest BCUT2D eigenvalue weighted by atomic mass is 10.0. The first kappa shape index (κ1) is 15.7. The second-order valence-electron chi connectivity index (χ2n) is 4.95. The summed E-state index contributed by atoms with van der Waals surface area (Å²) in [7, 11) is 1.62. The van der Waals surface area contributed by atoms with Crippen molar-refractivity contribution in [1.82, 2.24) is 0 Å². The number of ether oxygens (including phenoxy) is 1. The highest BCUT2D eigenvalue weighted by Crippen LogP contribution is 2.14. The monoisotopic (exact) mass is 265 g/mol. The van der Waals surface area contributed by atoms with Gasteiger partial charge in [-0.3, -0.25) is 4.79 Å². The van der Waals surface area contributed by atoms with E-state index in [1.165, 1.54) is 0 Å². The van der Waals surface area contributed by atoms with E-state index in [1.807, 2.05) is 19.1 Å². The Balaban J connectivity index is 2.52. The van der Waals surface area contributed by atoms with E-state index in [1.54, 1.807) is 26.2 Å². The van der Waals surface area contributed by atoms with Crippen LogP contribution < -0.4 is 5.32 Å². The largest absolute Gasteiger partial charge is 0.388 e. The number of rotatable bonds is 8. The molecule has 4 nitrogen and oxygen atoms in total. The van der Waals surface area contributed by atoms with Gasteiger partial charge < -0.3 is 15.2 Å². The molecule has 0 amide bonds. The molecule has 1 unspecified atom stereocenters. The second kappa shape index (κ2) is 7.26. The minimum Gasteiger partial charge on any atom is -0.388 e. The number of carbonyl (C=O) groups excluding carboxylic acids is 1. The third kappa shape index (κ3) is 5.41. The van der Waals surface area contributed by atoms with Crippen molar-refractivity contribution in [2.45, 2.75) is 32.3 Å². The maximum Gasteiger partial charge on any atom is 0.162 e. The molecule has 0 saturated carbocycles. The summed E-state index contributed by atoms with van der Waals surface area (Å²) in [5.74, 6) is 0.138. The van der Waals surface area contributed by atoms with E-state index in [2.05, 4.69) is 5.32 Å². The van der Waals surface area contributed by atoms with Crippen molar-refractivity contribution in [1.29, 1.82) is 0 Å². The minimum atomic E-state index is -0.812. The van der Waals surface area contributed by atoms with Crippen LogP contribution in [-0.4, -0.2) is 36.8 Å². The summed E-state index contributed by atoms with van der Waals surface area (Å²) < 4.78 is 4.96. The summed E-state index contributed by atoms with van der Waals surface area (Å²) in [4.78, 5) is 11.5. The number of hydrogen-bond acceptors (Lipinski definition) is 4. The van der Waals surface area contributed by atoms with Gasteiger partial charge in [-0.15, -0.1) is 0 Å². The third-order valence-corrected chi connectivity index (χ3v) is 3.05. The predicted molar refractivity (Wildman–Crippen MR) is 76.7 cm³/mol. The number of ketones is 1. The number of nitrogens with one attached hydrogen (secondary N) is 1. The zero-order valence-corrected chi connectivity index (χ0v) is 11.9. The topological polar surface area (TPSA) is 58.6 Å². The van der Waals surface area contributed by atoms with Crippen molar-refractivity contribution in [2.75, 3.05) is 25.6 Å². The van der Waals surface area contributed by atoms with Gasteiger partial charge in [0.2, 0.25) is 0 Å². The second-order valence-corrected chi connectivity index (χ2v) is 4.95. The van der Waals surface area contributed by atoms with Gasteiger partial charge in [-0.2, -0.15) is 0 Å². The molecule has 1 rings (SSSR count). The van der Waals surface area contributed by atoms with Gasteiger partial charge >= 0.3 is 0 Å². The molecule has 0 aliphatic carbocycles. The lowest BCUT2D eigenvalue weighted by Gasteiger charge is -2.23. The van der Waals surface area contributed by atoms with Crippen LogP contribution in [0.5, 0.6) is 0 Å². The highest BCUT2D eigenvalue weighted by Gasteiger charge is 2.19. The molecule has 0 radical (unpaired) electrons. The van der Waals surface area contributed by atoms with Crippen molar-refractivity contribution >= 4 is 11.5 Å². The molecule has 0 spiro atoms. The molecule has 0 bridgehead atoms. The molecule has 2 N–H and O–H groups in total. The predicted octanol–water partition coefficient (Wildman–Crippen LogP) is 2.48. The van der Waals surface area contributed by atoms with Gasteiger partial charge in [0, 0.05) is 44.4 Å². The molecule has 0 aromatic heterocycles. The molecule has 0 heterocycles. The molecule has 1 aromatic carbocycles. The van der Waals surface area contributed by atoms with Crippen LogP contribution in [-0.2, 0) is 4.74 Å². The number of Topliss-reactive ketones (excluding diaryl/α,β-unsaturated/α-hetero) is 1. The van der Waals surface area contributed by atoms with Crippen molar-refractivity contribution in [3.8, 4) is 0 Å². The van der Waals surface area contributed by atoms with Gasteiger partial charge in [0.1, 0.15) is 0 Å². The van der Waals surface area contributed by atoms with Crippen LogP contribution >= 0.6 is 0 Å². The number of carbonyl (C=O) groups is 1. The summed E-state index contributed by atoms with van der Waals surface area (Å²) in [6.07, 6.45) is 1.08. The Morgan fingerprint density at radius 1 is 1.37 bits per heavy atom. The standard InChI is InChI=1S/C15H23NO3/c1-4-14(17)12-5-7-13(8-6-12)16-11-15(2,18)9-10-19-3/h5-8,16,18H,4,9-11H2,1-3H3. The fourth-order valence-corrected chi connectivity index (χ4v) is 1.68. The molecular weight excluding hydrogens is 242 g/mol. The number of aliphatic hydroxyl groups is 1. The molecule has 0 aliphatic heterocycles. The molecule has 19 heavy (non-hydrogen) atoms. The number of anilines is 1. The van der Waals surface area contributed by atoms with Crippen LogP contribution in [0.15, 0.2) is 24.3 Å². The lowest BCUT2D eigenvalue weighted by molar-refractivity contribution is 0.0357. The van der Waals surface area contributed by atoms with Crippen molar-refractivity contribution in [2.24, 2.45) is 0 Å². The van der Waals surface area contributed by atoms with Crippen LogP contribution in [0, 0.1) is 0 Å². The van der Waals surface area contributed by atoms with Gasteiger partial charge in [-0.05, 0) is 31.2 Å². The maximum absolute atomic E-state index is 11.5. The molecule has 4 heteroatoms. The van der Waals surface area contributed by atoms with Gasteiger partial charge in [0.05, 0.1) is 5.60 Å². The number of methoxy groups -OCH3 is 1. The maximum atomic E-state index is 11.5. The molecule has 1 aromatic rings. The number of benzene rings is 1. The van der Waals surface area contributed by atoms with Crippen LogP contribution in [0.2, 0.25) is 0 Å². The molecule has 0 aliphatic rings. The van der Waals surface area contributed by atoms with E-state index in [4.69, 9.17) is 4.74 Å². The smallest absolute Gasteiger partial charge is 0.162 e. The van der Waals surface area contributed by atoms with Crippen LogP contribution in [0.25, 0.3) is 0 Å². The van der Waals surface area contributed by atoms with Crippen LogP contribution in [0.3, 0.4) is 0 Å². The van der Waals surface area contributed by atoms with Crippen molar-refractivity contribution in [3.05, 3.63) is 29.8 Å².